The van der Waals surface area contributed by atoms with Crippen LogP contribution in [0, 0.1) is 0 Å². The van der Waals surface area contributed by atoms with E-state index in [9.17, 15) is 0 Å². The van der Waals surface area contributed by atoms with E-state index in [1.54, 1.807) is 6.20 Å². The molecule has 4 nitrogen and oxygen atoms in total. The van der Waals surface area contributed by atoms with Crippen molar-refractivity contribution in [3.8, 4) is 5.69 Å². The van der Waals surface area contributed by atoms with Crippen LogP contribution in [0.2, 0.25) is 0 Å². The van der Waals surface area contributed by atoms with Crippen molar-refractivity contribution < 1.29 is 0 Å². The molecule has 0 aliphatic rings. The third kappa shape index (κ3) is 4.19. The van der Waals surface area contributed by atoms with Crippen LogP contribution in [0.15, 0.2) is 42.7 Å². The molecule has 1 aromatic heterocycles. The van der Waals surface area contributed by atoms with E-state index in [2.05, 4.69) is 53.8 Å². The van der Waals surface area contributed by atoms with Crippen molar-refractivity contribution >= 4 is 0 Å². The molecule has 19 heavy (non-hydrogen) atoms. The van der Waals surface area contributed by atoms with Gasteiger partial charge >= 0.3 is 0 Å². The molecule has 0 saturated heterocycles. The van der Waals surface area contributed by atoms with Crippen LogP contribution in [0.5, 0.6) is 0 Å². The molecular weight excluding hydrogens is 236 g/mol. The summed E-state index contributed by atoms with van der Waals surface area (Å²) in [5.74, 6) is 0. The van der Waals surface area contributed by atoms with Gasteiger partial charge in [0.1, 0.15) is 0 Å². The van der Waals surface area contributed by atoms with Gasteiger partial charge in [0.25, 0.3) is 0 Å². The predicted molar refractivity (Wildman–Crippen MR) is 78.4 cm³/mol. The van der Waals surface area contributed by atoms with Gasteiger partial charge in [0.15, 0.2) is 0 Å². The molecule has 1 unspecified atom stereocenters. The molecule has 1 atom stereocenters. The fourth-order valence-electron chi connectivity index (χ4n) is 1.96. The largest absolute Gasteiger partial charge is 0.315 e. The molecular formula is C15H22N4. The summed E-state index contributed by atoms with van der Waals surface area (Å²) in [6, 6.07) is 10.8. The Morgan fingerprint density at radius 2 is 2.21 bits per heavy atom. The van der Waals surface area contributed by atoms with Crippen molar-refractivity contribution in [3.63, 3.8) is 0 Å². The smallest absolute Gasteiger partial charge is 0.0648 e. The van der Waals surface area contributed by atoms with Crippen LogP contribution in [-0.4, -0.2) is 28.9 Å². The number of benzene rings is 1. The van der Waals surface area contributed by atoms with Crippen LogP contribution in [0.25, 0.3) is 5.69 Å². The van der Waals surface area contributed by atoms with Crippen LogP contribution in [0.1, 0.15) is 19.4 Å². The molecule has 0 saturated carbocycles. The summed E-state index contributed by atoms with van der Waals surface area (Å²) >= 11 is 0. The van der Waals surface area contributed by atoms with Crippen LogP contribution in [-0.2, 0) is 6.54 Å². The molecule has 2 N–H and O–H groups in total. The van der Waals surface area contributed by atoms with Crippen LogP contribution < -0.4 is 10.6 Å². The van der Waals surface area contributed by atoms with Crippen LogP contribution in [0.3, 0.4) is 0 Å². The van der Waals surface area contributed by atoms with Gasteiger partial charge in [0, 0.05) is 31.5 Å². The van der Waals surface area contributed by atoms with Gasteiger partial charge in [0.2, 0.25) is 0 Å². The van der Waals surface area contributed by atoms with E-state index in [1.807, 2.05) is 16.9 Å². The standard InChI is InChI=1S/C15H22N4/c1-3-16-11-13(2)17-12-14-6-4-7-15(10-14)19-9-5-8-18-19/h4-10,13,16-17H,3,11-12H2,1-2H3. The minimum atomic E-state index is 0.466. The number of nitrogens with zero attached hydrogens (tertiary/aromatic N) is 2. The molecule has 4 heteroatoms. The highest BCUT2D eigenvalue weighted by Crippen LogP contribution is 2.09. The van der Waals surface area contributed by atoms with Crippen molar-refractivity contribution in [2.24, 2.45) is 0 Å². The Bertz CT molecular complexity index is 479. The molecule has 1 aromatic carbocycles. The lowest BCUT2D eigenvalue weighted by molar-refractivity contribution is 0.509. The summed E-state index contributed by atoms with van der Waals surface area (Å²) in [6.07, 6.45) is 3.75. The zero-order valence-corrected chi connectivity index (χ0v) is 11.6. The first-order chi connectivity index (χ1) is 9.29. The maximum absolute atomic E-state index is 4.25. The van der Waals surface area contributed by atoms with Crippen molar-refractivity contribution in [1.82, 2.24) is 20.4 Å². The molecule has 2 rings (SSSR count). The Morgan fingerprint density at radius 1 is 1.32 bits per heavy atom. The highest BCUT2D eigenvalue weighted by atomic mass is 15.3. The molecule has 102 valence electrons. The average molecular weight is 258 g/mol. The van der Waals surface area contributed by atoms with Gasteiger partial charge in [-0.3, -0.25) is 0 Å². The normalized spacial score (nSPS) is 12.5. The van der Waals surface area contributed by atoms with Crippen molar-refractivity contribution in [2.75, 3.05) is 13.1 Å². The monoisotopic (exact) mass is 258 g/mol. The first-order valence-electron chi connectivity index (χ1n) is 6.82. The van der Waals surface area contributed by atoms with E-state index in [-0.39, 0.29) is 0 Å². The molecule has 0 spiro atoms. The molecule has 0 aliphatic heterocycles. The van der Waals surface area contributed by atoms with Crippen LogP contribution >= 0.6 is 0 Å². The Balaban J connectivity index is 1.92. The fourth-order valence-corrected chi connectivity index (χ4v) is 1.96. The molecule has 2 aromatic rings. The number of likely N-dealkylation sites (N-methyl/N-ethyl adjacent to an activating group) is 1. The lowest BCUT2D eigenvalue weighted by Crippen LogP contribution is -2.35. The molecule has 0 bridgehead atoms. The SMILES string of the molecule is CCNCC(C)NCc1cccc(-n2cccn2)c1. The number of hydrogen-bond donors (Lipinski definition) is 2. The van der Waals surface area contributed by atoms with Crippen molar-refractivity contribution in [1.29, 1.82) is 0 Å². The first-order valence-corrected chi connectivity index (χ1v) is 6.82. The van der Waals surface area contributed by atoms with Gasteiger partial charge in [-0.2, -0.15) is 5.10 Å². The second-order valence-corrected chi connectivity index (χ2v) is 4.71. The Morgan fingerprint density at radius 3 is 2.95 bits per heavy atom. The Kier molecular flexibility index (Phi) is 5.12. The first kappa shape index (κ1) is 13.8. The Labute approximate surface area is 114 Å². The van der Waals surface area contributed by atoms with Gasteiger partial charge in [-0.1, -0.05) is 19.1 Å². The Hall–Kier alpha value is -1.65. The summed E-state index contributed by atoms with van der Waals surface area (Å²) in [6.45, 7) is 7.21. The molecule has 0 amide bonds. The highest BCUT2D eigenvalue weighted by molar-refractivity contribution is 5.34. The summed E-state index contributed by atoms with van der Waals surface area (Å²) in [4.78, 5) is 0. The van der Waals surface area contributed by atoms with E-state index in [4.69, 9.17) is 0 Å². The predicted octanol–water partition coefficient (Wildman–Crippen LogP) is 1.96. The molecule has 0 fully saturated rings. The number of nitrogens with one attached hydrogen (secondary N) is 2. The minimum Gasteiger partial charge on any atom is -0.315 e. The maximum atomic E-state index is 4.25. The van der Waals surface area contributed by atoms with E-state index < -0.39 is 0 Å². The highest BCUT2D eigenvalue weighted by Gasteiger charge is 2.02. The lowest BCUT2D eigenvalue weighted by atomic mass is 10.2. The summed E-state index contributed by atoms with van der Waals surface area (Å²) in [5, 5.41) is 11.1. The summed E-state index contributed by atoms with van der Waals surface area (Å²) in [7, 11) is 0. The van der Waals surface area contributed by atoms with Crippen molar-refractivity contribution in [3.05, 3.63) is 48.3 Å². The number of hydrogen-bond acceptors (Lipinski definition) is 3. The summed E-state index contributed by atoms with van der Waals surface area (Å²) < 4.78 is 1.88. The maximum Gasteiger partial charge on any atom is 0.0648 e. The third-order valence-electron chi connectivity index (χ3n) is 3.03. The minimum absolute atomic E-state index is 0.466. The van der Waals surface area contributed by atoms with Gasteiger partial charge in [-0.25, -0.2) is 4.68 Å². The number of aromatic nitrogens is 2. The van der Waals surface area contributed by atoms with Gasteiger partial charge in [0.05, 0.1) is 5.69 Å². The van der Waals surface area contributed by atoms with E-state index in [0.29, 0.717) is 6.04 Å². The summed E-state index contributed by atoms with van der Waals surface area (Å²) in [5.41, 5.74) is 2.37. The van der Waals surface area contributed by atoms with E-state index >= 15 is 0 Å². The molecule has 0 radical (unpaired) electrons. The van der Waals surface area contributed by atoms with Gasteiger partial charge in [-0.05, 0) is 37.2 Å². The third-order valence-corrected chi connectivity index (χ3v) is 3.03. The van der Waals surface area contributed by atoms with E-state index in [1.165, 1.54) is 5.56 Å². The lowest BCUT2D eigenvalue weighted by Gasteiger charge is -2.14. The van der Waals surface area contributed by atoms with E-state index in [0.717, 1.165) is 25.3 Å². The second kappa shape index (κ2) is 7.07. The van der Waals surface area contributed by atoms with Gasteiger partial charge in [-0.15, -0.1) is 0 Å². The zero-order chi connectivity index (χ0) is 13.5. The van der Waals surface area contributed by atoms with Gasteiger partial charge < -0.3 is 10.6 Å². The average Bonchev–Trinajstić information content (AvgIpc) is 2.97. The second-order valence-electron chi connectivity index (χ2n) is 4.71. The van der Waals surface area contributed by atoms with Crippen LogP contribution in [0.4, 0.5) is 0 Å². The topological polar surface area (TPSA) is 41.9 Å². The zero-order valence-electron chi connectivity index (χ0n) is 11.6. The fraction of sp³-hybridized carbons (Fsp3) is 0.400. The number of rotatable bonds is 7. The molecule has 0 aliphatic carbocycles. The van der Waals surface area contributed by atoms with Crippen molar-refractivity contribution in [2.45, 2.75) is 26.4 Å². The quantitative estimate of drug-likeness (QED) is 0.798. The molecule has 1 heterocycles.